The Balaban J connectivity index is 2.02. The number of cyclic esters (lactones) is 1. The maximum Gasteiger partial charge on any atom is 0.339 e. The highest BCUT2D eigenvalue weighted by Gasteiger charge is 2.33. The van der Waals surface area contributed by atoms with Crippen LogP contribution in [0.25, 0.3) is 0 Å². The highest BCUT2D eigenvalue weighted by atomic mass is 32.2. The van der Waals surface area contributed by atoms with E-state index in [1.54, 1.807) is 12.1 Å². The molecule has 3 rings (SSSR count). The van der Waals surface area contributed by atoms with Gasteiger partial charge in [0.2, 0.25) is 0 Å². The van der Waals surface area contributed by atoms with E-state index in [9.17, 15) is 18.3 Å². The van der Waals surface area contributed by atoms with E-state index in [1.807, 2.05) is 6.92 Å². The number of carbonyl (C=O) groups excluding carboxylic acids is 1. The standard InChI is InChI=1S/C17H16O7S/c1-10-3-5-11(6-4-10)25(20,21)24-15-7-12-13(8-14(15)22-2)17(19)23-16(12)9-18/h3-8,16,18H,9H2,1-2H3/t16-/m0/s1. The van der Waals surface area contributed by atoms with E-state index < -0.39 is 28.8 Å². The lowest BCUT2D eigenvalue weighted by molar-refractivity contribution is 0.0235. The minimum atomic E-state index is -4.09. The second-order valence-corrected chi connectivity index (χ2v) is 7.06. The molecule has 0 bridgehead atoms. The molecule has 132 valence electrons. The van der Waals surface area contributed by atoms with Gasteiger partial charge < -0.3 is 18.8 Å². The van der Waals surface area contributed by atoms with Crippen LogP contribution in [0, 0.1) is 6.92 Å². The molecule has 8 heteroatoms. The van der Waals surface area contributed by atoms with Crippen LogP contribution in [0.1, 0.15) is 27.6 Å². The summed E-state index contributed by atoms with van der Waals surface area (Å²) in [5.74, 6) is -0.621. The van der Waals surface area contributed by atoms with Crippen molar-refractivity contribution in [3.63, 3.8) is 0 Å². The lowest BCUT2D eigenvalue weighted by Gasteiger charge is -2.13. The summed E-state index contributed by atoms with van der Waals surface area (Å²) >= 11 is 0. The summed E-state index contributed by atoms with van der Waals surface area (Å²) in [4.78, 5) is 11.8. The Morgan fingerprint density at radius 1 is 1.16 bits per heavy atom. The van der Waals surface area contributed by atoms with E-state index in [1.165, 1.54) is 31.4 Å². The summed E-state index contributed by atoms with van der Waals surface area (Å²) in [6.07, 6.45) is -0.863. The Morgan fingerprint density at radius 2 is 1.84 bits per heavy atom. The smallest absolute Gasteiger partial charge is 0.339 e. The van der Waals surface area contributed by atoms with E-state index in [4.69, 9.17) is 13.7 Å². The molecule has 1 heterocycles. The third kappa shape index (κ3) is 3.18. The molecule has 1 atom stereocenters. The summed E-state index contributed by atoms with van der Waals surface area (Å²) in [5.41, 5.74) is 1.47. The summed E-state index contributed by atoms with van der Waals surface area (Å²) in [7, 11) is -2.76. The summed E-state index contributed by atoms with van der Waals surface area (Å²) in [5, 5.41) is 9.32. The largest absolute Gasteiger partial charge is 0.493 e. The molecule has 2 aromatic carbocycles. The Labute approximate surface area is 144 Å². The first kappa shape index (κ1) is 17.2. The molecule has 0 spiro atoms. The van der Waals surface area contributed by atoms with E-state index in [0.717, 1.165) is 5.56 Å². The number of esters is 1. The first-order valence-electron chi connectivity index (χ1n) is 7.40. The number of hydrogen-bond donors (Lipinski definition) is 1. The number of rotatable bonds is 5. The molecule has 0 amide bonds. The van der Waals surface area contributed by atoms with Gasteiger partial charge in [0.15, 0.2) is 17.6 Å². The third-order valence-electron chi connectivity index (χ3n) is 3.83. The molecule has 0 unspecified atom stereocenters. The quantitative estimate of drug-likeness (QED) is 0.640. The summed E-state index contributed by atoms with van der Waals surface area (Å²) < 4.78 is 40.3. The molecule has 0 saturated carbocycles. The Bertz CT molecular complexity index is 917. The van der Waals surface area contributed by atoms with Gasteiger partial charge in [-0.05, 0) is 31.2 Å². The topological polar surface area (TPSA) is 99.1 Å². The first-order valence-corrected chi connectivity index (χ1v) is 8.81. The average Bonchev–Trinajstić information content (AvgIpc) is 2.89. The predicted molar refractivity (Wildman–Crippen MR) is 87.2 cm³/mol. The van der Waals surface area contributed by atoms with Crippen molar-refractivity contribution in [2.24, 2.45) is 0 Å². The molecule has 7 nitrogen and oxygen atoms in total. The molecule has 2 aromatic rings. The Morgan fingerprint density at radius 3 is 2.44 bits per heavy atom. The van der Waals surface area contributed by atoms with Gasteiger partial charge in [0, 0.05) is 5.56 Å². The van der Waals surface area contributed by atoms with Gasteiger partial charge in [0.1, 0.15) is 4.90 Å². The monoisotopic (exact) mass is 364 g/mol. The number of methoxy groups -OCH3 is 1. The van der Waals surface area contributed by atoms with Crippen molar-refractivity contribution in [3.8, 4) is 11.5 Å². The van der Waals surface area contributed by atoms with Gasteiger partial charge >= 0.3 is 16.1 Å². The number of benzene rings is 2. The fourth-order valence-corrected chi connectivity index (χ4v) is 3.44. The number of ether oxygens (including phenoxy) is 2. The predicted octanol–water partition coefficient (Wildman–Crippen LogP) is 1.98. The molecule has 0 aliphatic carbocycles. The zero-order chi connectivity index (χ0) is 18.2. The molecule has 1 N–H and O–H groups in total. The van der Waals surface area contributed by atoms with Gasteiger partial charge in [-0.3, -0.25) is 0 Å². The fraction of sp³-hybridized carbons (Fsp3) is 0.235. The van der Waals surface area contributed by atoms with Crippen LogP contribution >= 0.6 is 0 Å². The Kier molecular flexibility index (Phi) is 4.40. The normalized spacial score (nSPS) is 16.3. The molecule has 0 aromatic heterocycles. The molecule has 1 aliphatic rings. The first-order chi connectivity index (χ1) is 11.9. The SMILES string of the molecule is COc1cc2c(cc1OS(=O)(=O)c1ccc(C)cc1)[C@H](CO)OC2=O. The van der Waals surface area contributed by atoms with Crippen LogP contribution < -0.4 is 8.92 Å². The maximum atomic E-state index is 12.5. The van der Waals surface area contributed by atoms with Crippen molar-refractivity contribution in [3.05, 3.63) is 53.1 Å². The van der Waals surface area contributed by atoms with E-state index in [2.05, 4.69) is 0 Å². The number of aliphatic hydroxyl groups is 1. The van der Waals surface area contributed by atoms with Crippen LogP contribution in [0.4, 0.5) is 0 Å². The Hall–Kier alpha value is -2.58. The molecular weight excluding hydrogens is 348 g/mol. The lowest BCUT2D eigenvalue weighted by Crippen LogP contribution is -2.11. The van der Waals surface area contributed by atoms with E-state index in [-0.39, 0.29) is 22.0 Å². The number of fused-ring (bicyclic) bond motifs is 1. The zero-order valence-electron chi connectivity index (χ0n) is 13.6. The minimum Gasteiger partial charge on any atom is -0.493 e. The number of aryl methyl sites for hydroxylation is 1. The van der Waals surface area contributed by atoms with E-state index in [0.29, 0.717) is 5.56 Å². The summed E-state index contributed by atoms with van der Waals surface area (Å²) in [6.45, 7) is 1.42. The van der Waals surface area contributed by atoms with Gasteiger partial charge in [-0.2, -0.15) is 8.42 Å². The fourth-order valence-electron chi connectivity index (χ4n) is 2.51. The maximum absolute atomic E-state index is 12.5. The zero-order valence-corrected chi connectivity index (χ0v) is 14.4. The van der Waals surface area contributed by atoms with Crippen molar-refractivity contribution in [1.82, 2.24) is 0 Å². The average molecular weight is 364 g/mol. The van der Waals surface area contributed by atoms with Crippen molar-refractivity contribution in [2.45, 2.75) is 17.9 Å². The molecular formula is C17H16O7S. The lowest BCUT2D eigenvalue weighted by atomic mass is 10.0. The van der Waals surface area contributed by atoms with Crippen molar-refractivity contribution in [1.29, 1.82) is 0 Å². The van der Waals surface area contributed by atoms with Gasteiger partial charge in [-0.1, -0.05) is 17.7 Å². The van der Waals surface area contributed by atoms with Gasteiger partial charge in [0.05, 0.1) is 19.3 Å². The van der Waals surface area contributed by atoms with Crippen LogP contribution in [-0.4, -0.2) is 33.2 Å². The number of hydrogen-bond acceptors (Lipinski definition) is 7. The highest BCUT2D eigenvalue weighted by Crippen LogP contribution is 2.39. The van der Waals surface area contributed by atoms with Crippen molar-refractivity contribution >= 4 is 16.1 Å². The molecule has 1 aliphatic heterocycles. The molecule has 0 saturated heterocycles. The van der Waals surface area contributed by atoms with E-state index >= 15 is 0 Å². The number of aliphatic hydroxyl groups excluding tert-OH is 1. The highest BCUT2D eigenvalue weighted by molar-refractivity contribution is 7.87. The summed E-state index contributed by atoms with van der Waals surface area (Å²) in [6, 6.07) is 8.87. The molecule has 0 fully saturated rings. The van der Waals surface area contributed by atoms with Crippen LogP contribution in [0.5, 0.6) is 11.5 Å². The van der Waals surface area contributed by atoms with Crippen LogP contribution in [-0.2, 0) is 14.9 Å². The number of carbonyl (C=O) groups is 1. The van der Waals surface area contributed by atoms with Gasteiger partial charge in [-0.25, -0.2) is 4.79 Å². The molecule has 0 radical (unpaired) electrons. The van der Waals surface area contributed by atoms with Crippen LogP contribution in [0.3, 0.4) is 0 Å². The van der Waals surface area contributed by atoms with Gasteiger partial charge in [0.25, 0.3) is 0 Å². The van der Waals surface area contributed by atoms with Crippen molar-refractivity contribution < 1.29 is 32.0 Å². The van der Waals surface area contributed by atoms with Crippen LogP contribution in [0.15, 0.2) is 41.3 Å². The van der Waals surface area contributed by atoms with Gasteiger partial charge in [-0.15, -0.1) is 0 Å². The second kappa shape index (κ2) is 6.38. The third-order valence-corrected chi connectivity index (χ3v) is 5.08. The molecule has 25 heavy (non-hydrogen) atoms. The van der Waals surface area contributed by atoms with Crippen LogP contribution in [0.2, 0.25) is 0 Å². The second-order valence-electron chi connectivity index (χ2n) is 5.52. The van der Waals surface area contributed by atoms with Crippen molar-refractivity contribution in [2.75, 3.05) is 13.7 Å². The minimum absolute atomic E-state index is 0.00770.